The van der Waals surface area contributed by atoms with Crippen LogP contribution in [0.1, 0.15) is 37.3 Å². The van der Waals surface area contributed by atoms with Crippen molar-refractivity contribution < 1.29 is 14.6 Å². The molecule has 5 heteroatoms. The number of para-hydroxylation sites is 1. The van der Waals surface area contributed by atoms with E-state index in [-0.39, 0.29) is 11.8 Å². The summed E-state index contributed by atoms with van der Waals surface area (Å²) in [7, 11) is 0. The minimum atomic E-state index is -0.524. The van der Waals surface area contributed by atoms with Gasteiger partial charge >= 0.3 is 0 Å². The van der Waals surface area contributed by atoms with Crippen LogP contribution >= 0.6 is 0 Å². The molecule has 1 heterocycles. The molecule has 140 valence electrons. The predicted molar refractivity (Wildman–Crippen MR) is 99.9 cm³/mol. The number of amides is 1. The van der Waals surface area contributed by atoms with E-state index in [2.05, 4.69) is 17.1 Å². The van der Waals surface area contributed by atoms with Crippen LogP contribution in [0.4, 0.5) is 0 Å². The van der Waals surface area contributed by atoms with Crippen molar-refractivity contribution in [1.29, 1.82) is 0 Å². The third-order valence-electron chi connectivity index (χ3n) is 4.81. The number of aryl methyl sites for hydroxylation is 2. The van der Waals surface area contributed by atoms with Crippen LogP contribution in [0.5, 0.6) is 5.75 Å². The van der Waals surface area contributed by atoms with Crippen molar-refractivity contribution in [1.82, 2.24) is 10.2 Å². The molecule has 0 spiro atoms. The molecule has 25 heavy (non-hydrogen) atoms. The zero-order valence-corrected chi connectivity index (χ0v) is 15.8. The summed E-state index contributed by atoms with van der Waals surface area (Å²) in [6, 6.07) is 6.04. The lowest BCUT2D eigenvalue weighted by Gasteiger charge is -2.32. The summed E-state index contributed by atoms with van der Waals surface area (Å²) in [4.78, 5) is 14.2. The summed E-state index contributed by atoms with van der Waals surface area (Å²) in [5, 5.41) is 13.3. The summed E-state index contributed by atoms with van der Waals surface area (Å²) in [5.74, 6) is 1.17. The van der Waals surface area contributed by atoms with E-state index < -0.39 is 6.10 Å². The number of β-amino-alcohol motifs (C(OH)–C–C–N with tert-alkyl or cyclic N) is 1. The Kier molecular flexibility index (Phi) is 7.72. The van der Waals surface area contributed by atoms with Gasteiger partial charge in [-0.2, -0.15) is 0 Å². The first-order chi connectivity index (χ1) is 12.0. The number of carbonyl (C=O) groups is 1. The molecule has 1 fully saturated rings. The van der Waals surface area contributed by atoms with E-state index in [0.29, 0.717) is 13.2 Å². The summed E-state index contributed by atoms with van der Waals surface area (Å²) in [5.41, 5.74) is 2.18. The highest BCUT2D eigenvalue weighted by Crippen LogP contribution is 2.23. The second kappa shape index (κ2) is 9.78. The first-order valence-corrected chi connectivity index (χ1v) is 9.38. The number of nitrogens with zero attached hydrogens (tertiary/aromatic N) is 1. The van der Waals surface area contributed by atoms with Gasteiger partial charge in [-0.1, -0.05) is 25.1 Å². The van der Waals surface area contributed by atoms with Crippen molar-refractivity contribution in [2.75, 3.05) is 32.8 Å². The highest BCUT2D eigenvalue weighted by molar-refractivity contribution is 5.78. The molecule has 0 saturated carbocycles. The highest BCUT2D eigenvalue weighted by Gasteiger charge is 2.25. The maximum Gasteiger partial charge on any atom is 0.223 e. The number of aliphatic hydroxyl groups excluding tert-OH is 1. The molecular weight excluding hydrogens is 316 g/mol. The predicted octanol–water partition coefficient (Wildman–Crippen LogP) is 2.28. The summed E-state index contributed by atoms with van der Waals surface area (Å²) in [6.07, 6.45) is 2.17. The SMILES string of the molecule is CCCNC(=O)C1CCN(CC(O)COc2c(C)cccc2C)CC1. The summed E-state index contributed by atoms with van der Waals surface area (Å²) >= 11 is 0. The fourth-order valence-corrected chi connectivity index (χ4v) is 3.33. The monoisotopic (exact) mass is 348 g/mol. The number of nitrogens with one attached hydrogen (secondary N) is 1. The summed E-state index contributed by atoms with van der Waals surface area (Å²) < 4.78 is 5.83. The largest absolute Gasteiger partial charge is 0.490 e. The Morgan fingerprint density at radius 1 is 1.32 bits per heavy atom. The third-order valence-corrected chi connectivity index (χ3v) is 4.81. The third kappa shape index (κ3) is 6.01. The Hall–Kier alpha value is -1.59. The van der Waals surface area contributed by atoms with Gasteiger partial charge in [0.1, 0.15) is 18.5 Å². The fourth-order valence-electron chi connectivity index (χ4n) is 3.33. The molecular formula is C20H32N2O3. The van der Waals surface area contributed by atoms with Gasteiger partial charge in [0.25, 0.3) is 0 Å². The van der Waals surface area contributed by atoms with Crippen molar-refractivity contribution >= 4 is 5.91 Å². The number of aliphatic hydroxyl groups is 1. The fraction of sp³-hybridized carbons (Fsp3) is 0.650. The van der Waals surface area contributed by atoms with Gasteiger partial charge < -0.3 is 20.1 Å². The first-order valence-electron chi connectivity index (χ1n) is 9.38. The lowest BCUT2D eigenvalue weighted by Crippen LogP contribution is -2.44. The normalized spacial score (nSPS) is 17.3. The van der Waals surface area contributed by atoms with Crippen LogP contribution in [0.25, 0.3) is 0 Å². The Morgan fingerprint density at radius 2 is 1.96 bits per heavy atom. The van der Waals surface area contributed by atoms with E-state index in [9.17, 15) is 9.90 Å². The van der Waals surface area contributed by atoms with Gasteiger partial charge in [0, 0.05) is 19.0 Å². The molecule has 1 aliphatic heterocycles. The van der Waals surface area contributed by atoms with Crippen LogP contribution in [0.2, 0.25) is 0 Å². The van der Waals surface area contributed by atoms with Gasteiger partial charge in [0.05, 0.1) is 0 Å². The van der Waals surface area contributed by atoms with Crippen LogP contribution in [-0.2, 0) is 4.79 Å². The average molecular weight is 348 g/mol. The van der Waals surface area contributed by atoms with E-state index in [0.717, 1.165) is 55.8 Å². The molecule has 0 aromatic heterocycles. The molecule has 2 rings (SSSR count). The average Bonchev–Trinajstić information content (AvgIpc) is 2.60. The standard InChI is InChI=1S/C20H32N2O3/c1-4-10-21-20(24)17-8-11-22(12-9-17)13-18(23)14-25-19-15(2)6-5-7-16(19)3/h5-7,17-18,23H,4,8-14H2,1-3H3,(H,21,24). The smallest absolute Gasteiger partial charge is 0.223 e. The molecule has 1 saturated heterocycles. The van der Waals surface area contributed by atoms with Gasteiger partial charge in [0.15, 0.2) is 0 Å². The number of likely N-dealkylation sites (tertiary alicyclic amines) is 1. The Morgan fingerprint density at radius 3 is 2.56 bits per heavy atom. The van der Waals surface area contributed by atoms with Crippen LogP contribution < -0.4 is 10.1 Å². The minimum Gasteiger partial charge on any atom is -0.490 e. The lowest BCUT2D eigenvalue weighted by atomic mass is 9.95. The van der Waals surface area contributed by atoms with Crippen molar-refractivity contribution in [2.45, 2.75) is 46.1 Å². The topological polar surface area (TPSA) is 61.8 Å². The van der Waals surface area contributed by atoms with Gasteiger partial charge in [-0.05, 0) is 57.3 Å². The molecule has 5 nitrogen and oxygen atoms in total. The second-order valence-electron chi connectivity index (χ2n) is 7.05. The van der Waals surface area contributed by atoms with Crippen LogP contribution in [0.15, 0.2) is 18.2 Å². The minimum absolute atomic E-state index is 0.116. The van der Waals surface area contributed by atoms with Gasteiger partial charge in [-0.25, -0.2) is 0 Å². The molecule has 1 amide bonds. The van der Waals surface area contributed by atoms with E-state index in [1.807, 2.05) is 32.0 Å². The van der Waals surface area contributed by atoms with Crippen LogP contribution in [0, 0.1) is 19.8 Å². The van der Waals surface area contributed by atoms with E-state index in [1.54, 1.807) is 0 Å². The van der Waals surface area contributed by atoms with Crippen LogP contribution in [0.3, 0.4) is 0 Å². The Balaban J connectivity index is 1.72. The molecule has 0 radical (unpaired) electrons. The number of carbonyl (C=O) groups excluding carboxylic acids is 1. The van der Waals surface area contributed by atoms with E-state index >= 15 is 0 Å². The number of hydrogen-bond acceptors (Lipinski definition) is 4. The summed E-state index contributed by atoms with van der Waals surface area (Å²) in [6.45, 7) is 9.44. The lowest BCUT2D eigenvalue weighted by molar-refractivity contribution is -0.126. The zero-order valence-electron chi connectivity index (χ0n) is 15.8. The van der Waals surface area contributed by atoms with Gasteiger partial charge in [-0.3, -0.25) is 4.79 Å². The maximum absolute atomic E-state index is 12.0. The number of rotatable bonds is 8. The highest BCUT2D eigenvalue weighted by atomic mass is 16.5. The van der Waals surface area contributed by atoms with E-state index in [4.69, 9.17) is 4.74 Å². The van der Waals surface area contributed by atoms with Crippen LogP contribution in [-0.4, -0.2) is 54.8 Å². The second-order valence-corrected chi connectivity index (χ2v) is 7.05. The van der Waals surface area contributed by atoms with Crippen molar-refractivity contribution in [3.8, 4) is 5.75 Å². The zero-order chi connectivity index (χ0) is 18.2. The maximum atomic E-state index is 12.0. The first kappa shape index (κ1) is 19.7. The number of ether oxygens (including phenoxy) is 1. The van der Waals surface area contributed by atoms with Crippen molar-refractivity contribution in [3.63, 3.8) is 0 Å². The molecule has 1 atom stereocenters. The molecule has 1 aliphatic rings. The molecule has 1 unspecified atom stereocenters. The number of hydrogen-bond donors (Lipinski definition) is 2. The molecule has 1 aromatic carbocycles. The Labute approximate surface area is 151 Å². The van der Waals surface area contributed by atoms with E-state index in [1.165, 1.54) is 0 Å². The van der Waals surface area contributed by atoms with Crippen molar-refractivity contribution in [2.24, 2.45) is 5.92 Å². The molecule has 0 aliphatic carbocycles. The molecule has 1 aromatic rings. The van der Waals surface area contributed by atoms with Gasteiger partial charge in [-0.15, -0.1) is 0 Å². The number of benzene rings is 1. The van der Waals surface area contributed by atoms with Gasteiger partial charge in [0.2, 0.25) is 5.91 Å². The molecule has 2 N–H and O–H groups in total. The Bertz CT molecular complexity index is 534. The quantitative estimate of drug-likeness (QED) is 0.757. The molecule has 0 bridgehead atoms. The van der Waals surface area contributed by atoms with Crippen molar-refractivity contribution in [3.05, 3.63) is 29.3 Å². The number of piperidine rings is 1.